The maximum absolute atomic E-state index is 13.4. The van der Waals surface area contributed by atoms with Crippen LogP contribution in [0.25, 0.3) is 10.9 Å². The van der Waals surface area contributed by atoms with Gasteiger partial charge in [-0.15, -0.1) is 6.42 Å². The van der Waals surface area contributed by atoms with Gasteiger partial charge >= 0.3 is 0 Å². The van der Waals surface area contributed by atoms with E-state index in [4.69, 9.17) is 11.7 Å². The van der Waals surface area contributed by atoms with Crippen molar-refractivity contribution in [2.75, 3.05) is 5.32 Å². The Balaban J connectivity index is 2.05. The number of terminal acetylenes is 1. The van der Waals surface area contributed by atoms with E-state index in [1.807, 2.05) is 0 Å². The Morgan fingerprint density at radius 3 is 2.77 bits per heavy atom. The van der Waals surface area contributed by atoms with Crippen molar-refractivity contribution in [2.45, 2.75) is 0 Å². The Labute approximate surface area is 126 Å². The zero-order chi connectivity index (χ0) is 15.5. The number of nitrogens with one attached hydrogen (secondary N) is 1. The summed E-state index contributed by atoms with van der Waals surface area (Å²) in [7, 11) is 0. The number of nitriles is 1. The Morgan fingerprint density at radius 1 is 1.14 bits per heavy atom. The van der Waals surface area contributed by atoms with Crippen molar-refractivity contribution in [3.8, 4) is 18.4 Å². The number of fused-ring (bicyclic) bond motifs is 1. The van der Waals surface area contributed by atoms with Crippen molar-refractivity contribution < 1.29 is 4.39 Å². The quantitative estimate of drug-likeness (QED) is 0.734. The van der Waals surface area contributed by atoms with Crippen LogP contribution in [0.5, 0.6) is 0 Å². The Kier molecular flexibility index (Phi) is 3.39. The summed E-state index contributed by atoms with van der Waals surface area (Å²) in [4.78, 5) is 8.33. The topological polar surface area (TPSA) is 61.6 Å². The summed E-state index contributed by atoms with van der Waals surface area (Å²) >= 11 is 0. The molecular formula is C17H9FN4. The molecule has 0 aliphatic carbocycles. The molecule has 5 heteroatoms. The van der Waals surface area contributed by atoms with Gasteiger partial charge in [-0.1, -0.05) is 5.92 Å². The molecule has 0 unspecified atom stereocenters. The fourth-order valence-electron chi connectivity index (χ4n) is 2.08. The van der Waals surface area contributed by atoms with Crippen LogP contribution in [0, 0.1) is 29.5 Å². The first kappa shape index (κ1) is 13.5. The maximum Gasteiger partial charge on any atom is 0.141 e. The molecule has 0 saturated heterocycles. The molecule has 0 aliphatic heterocycles. The zero-order valence-electron chi connectivity index (χ0n) is 11.3. The van der Waals surface area contributed by atoms with Gasteiger partial charge in [0.15, 0.2) is 0 Å². The minimum atomic E-state index is -0.445. The number of anilines is 2. The highest BCUT2D eigenvalue weighted by Gasteiger charge is 2.07. The standard InChI is InChI=1S/C17H9FN4/c1-2-12-8-13(4-6-15(12)18)22-17-14-5-3-11(9-19)7-16(14)20-10-21-17/h1,3-8,10H,(H,20,21,22). The lowest BCUT2D eigenvalue weighted by Gasteiger charge is -2.09. The molecule has 0 fully saturated rings. The van der Waals surface area contributed by atoms with Crippen LogP contribution in [-0.2, 0) is 0 Å². The summed E-state index contributed by atoms with van der Waals surface area (Å²) in [6.07, 6.45) is 6.66. The van der Waals surface area contributed by atoms with Gasteiger partial charge in [0.25, 0.3) is 0 Å². The molecule has 1 aromatic heterocycles. The molecule has 2 aromatic carbocycles. The number of hydrogen-bond donors (Lipinski definition) is 1. The van der Waals surface area contributed by atoms with Crippen LogP contribution in [0.4, 0.5) is 15.9 Å². The lowest BCUT2D eigenvalue weighted by atomic mass is 10.1. The van der Waals surface area contributed by atoms with Gasteiger partial charge in [0, 0.05) is 11.1 Å². The van der Waals surface area contributed by atoms with Crippen molar-refractivity contribution in [1.29, 1.82) is 5.26 Å². The number of hydrogen-bond acceptors (Lipinski definition) is 4. The fraction of sp³-hybridized carbons (Fsp3) is 0. The summed E-state index contributed by atoms with van der Waals surface area (Å²) < 4.78 is 13.4. The highest BCUT2D eigenvalue weighted by Crippen LogP contribution is 2.24. The summed E-state index contributed by atoms with van der Waals surface area (Å²) in [5, 5.41) is 12.8. The van der Waals surface area contributed by atoms with Crippen LogP contribution >= 0.6 is 0 Å². The van der Waals surface area contributed by atoms with Crippen LogP contribution in [-0.4, -0.2) is 9.97 Å². The van der Waals surface area contributed by atoms with E-state index in [9.17, 15) is 4.39 Å². The second-order valence-electron chi connectivity index (χ2n) is 4.53. The Morgan fingerprint density at radius 2 is 2.00 bits per heavy atom. The van der Waals surface area contributed by atoms with Gasteiger partial charge in [0.2, 0.25) is 0 Å². The minimum absolute atomic E-state index is 0.176. The minimum Gasteiger partial charge on any atom is -0.340 e. The van der Waals surface area contributed by atoms with Crippen molar-refractivity contribution >= 4 is 22.4 Å². The normalized spacial score (nSPS) is 9.95. The van der Waals surface area contributed by atoms with Gasteiger partial charge in [-0.05, 0) is 36.4 Å². The molecule has 0 radical (unpaired) electrons. The second-order valence-corrected chi connectivity index (χ2v) is 4.53. The SMILES string of the molecule is C#Cc1cc(Nc2ncnc3cc(C#N)ccc23)ccc1F. The Hall–Kier alpha value is -3.44. The molecule has 4 nitrogen and oxygen atoms in total. The van der Waals surface area contributed by atoms with E-state index >= 15 is 0 Å². The van der Waals surface area contributed by atoms with E-state index < -0.39 is 5.82 Å². The van der Waals surface area contributed by atoms with Gasteiger partial charge in [0.1, 0.15) is 18.0 Å². The van der Waals surface area contributed by atoms with Crippen molar-refractivity contribution in [3.05, 3.63) is 59.7 Å². The molecule has 0 atom stereocenters. The molecule has 3 rings (SSSR count). The van der Waals surface area contributed by atoms with E-state index in [1.165, 1.54) is 18.5 Å². The third-order valence-electron chi connectivity index (χ3n) is 3.15. The molecule has 22 heavy (non-hydrogen) atoms. The van der Waals surface area contributed by atoms with E-state index in [2.05, 4.69) is 27.3 Å². The summed E-state index contributed by atoms with van der Waals surface area (Å²) in [5.74, 6) is 2.40. The molecule has 0 aliphatic rings. The van der Waals surface area contributed by atoms with Gasteiger partial charge in [0.05, 0.1) is 22.7 Å². The molecule has 0 amide bonds. The fourth-order valence-corrected chi connectivity index (χ4v) is 2.08. The zero-order valence-corrected chi connectivity index (χ0v) is 11.3. The number of aromatic nitrogens is 2. The van der Waals surface area contributed by atoms with Crippen LogP contribution in [0.3, 0.4) is 0 Å². The van der Waals surface area contributed by atoms with E-state index in [1.54, 1.807) is 24.3 Å². The third kappa shape index (κ3) is 2.44. The van der Waals surface area contributed by atoms with Crippen LogP contribution in [0.1, 0.15) is 11.1 Å². The average molecular weight is 288 g/mol. The van der Waals surface area contributed by atoms with Crippen molar-refractivity contribution in [3.63, 3.8) is 0 Å². The van der Waals surface area contributed by atoms with Gasteiger partial charge in [-0.2, -0.15) is 5.26 Å². The first-order valence-electron chi connectivity index (χ1n) is 6.39. The molecule has 1 heterocycles. The van der Waals surface area contributed by atoms with Gasteiger partial charge in [-0.3, -0.25) is 0 Å². The number of halogens is 1. The predicted octanol–water partition coefficient (Wildman–Crippen LogP) is 3.37. The summed E-state index contributed by atoms with van der Waals surface area (Å²) in [6, 6.07) is 11.6. The van der Waals surface area contributed by atoms with Crippen LogP contribution < -0.4 is 5.32 Å². The molecule has 3 aromatic rings. The summed E-state index contributed by atoms with van der Waals surface area (Å²) in [6.45, 7) is 0. The average Bonchev–Trinajstić information content (AvgIpc) is 2.56. The van der Waals surface area contributed by atoms with Crippen LogP contribution in [0.15, 0.2) is 42.7 Å². The molecule has 0 spiro atoms. The monoisotopic (exact) mass is 288 g/mol. The molecule has 0 bridgehead atoms. The van der Waals surface area contributed by atoms with Crippen molar-refractivity contribution in [1.82, 2.24) is 9.97 Å². The maximum atomic E-state index is 13.4. The largest absolute Gasteiger partial charge is 0.340 e. The van der Waals surface area contributed by atoms with Gasteiger partial charge < -0.3 is 5.32 Å². The van der Waals surface area contributed by atoms with E-state index in [0.717, 1.165) is 5.39 Å². The highest BCUT2D eigenvalue weighted by molar-refractivity contribution is 5.91. The summed E-state index contributed by atoms with van der Waals surface area (Å²) in [5.41, 5.74) is 1.97. The Bertz CT molecular complexity index is 951. The van der Waals surface area contributed by atoms with Crippen molar-refractivity contribution in [2.24, 2.45) is 0 Å². The first-order chi connectivity index (χ1) is 10.7. The van der Waals surface area contributed by atoms with Gasteiger partial charge in [-0.25, -0.2) is 14.4 Å². The van der Waals surface area contributed by atoms with E-state index in [-0.39, 0.29) is 5.56 Å². The highest BCUT2D eigenvalue weighted by atomic mass is 19.1. The molecule has 0 saturated carbocycles. The molecule has 104 valence electrons. The van der Waals surface area contributed by atoms with Crippen LogP contribution in [0.2, 0.25) is 0 Å². The first-order valence-corrected chi connectivity index (χ1v) is 6.39. The number of benzene rings is 2. The molecular weight excluding hydrogens is 279 g/mol. The number of rotatable bonds is 2. The number of nitrogens with zero attached hydrogens (tertiary/aromatic N) is 3. The lowest BCUT2D eigenvalue weighted by Crippen LogP contribution is -1.97. The second kappa shape index (κ2) is 5.51. The predicted molar refractivity (Wildman–Crippen MR) is 81.9 cm³/mol. The third-order valence-corrected chi connectivity index (χ3v) is 3.15. The lowest BCUT2D eigenvalue weighted by molar-refractivity contribution is 0.624. The molecule has 1 N–H and O–H groups in total. The smallest absolute Gasteiger partial charge is 0.141 e. The van der Waals surface area contributed by atoms with E-state index in [0.29, 0.717) is 22.6 Å².